The molecule has 0 saturated carbocycles. The summed E-state index contributed by atoms with van der Waals surface area (Å²) >= 11 is 0. The first-order valence-corrected chi connectivity index (χ1v) is 6.04. The van der Waals surface area contributed by atoms with Crippen LogP contribution in [0.2, 0.25) is 0 Å². The van der Waals surface area contributed by atoms with Gasteiger partial charge in [0.15, 0.2) is 17.2 Å². The second-order valence-electron chi connectivity index (χ2n) is 3.99. The molecule has 0 aliphatic heterocycles. The molecule has 0 fully saturated rings. The van der Waals surface area contributed by atoms with Crippen LogP contribution in [-0.2, 0) is 6.42 Å². The summed E-state index contributed by atoms with van der Waals surface area (Å²) in [4.78, 5) is 18.5. The Hall–Kier alpha value is -2.63. The number of nitrogens with zero attached hydrogens (tertiary/aromatic N) is 2. The summed E-state index contributed by atoms with van der Waals surface area (Å²) < 4.78 is 10.8. The van der Waals surface area contributed by atoms with Gasteiger partial charge in [0.1, 0.15) is 0 Å². The predicted molar refractivity (Wildman–Crippen MR) is 71.4 cm³/mol. The molecular formula is C14H14N2O4. The van der Waals surface area contributed by atoms with Crippen LogP contribution < -0.4 is 9.47 Å². The molecule has 2 aromatic rings. The molecule has 1 aromatic heterocycles. The number of carboxylic acid groups (broad SMARTS) is 1. The standard InChI is InChI=1S/C14H14N2O4/c1-3-9-4-5-11(12(6-9)19-2)20-13-8-15-7-10(16-13)14(17)18/h4-8H,3H2,1-2H3,(H,17,18). The van der Waals surface area contributed by atoms with Crippen molar-refractivity contribution in [3.63, 3.8) is 0 Å². The van der Waals surface area contributed by atoms with Crippen molar-refractivity contribution in [2.75, 3.05) is 7.11 Å². The summed E-state index contributed by atoms with van der Waals surface area (Å²) in [6, 6.07) is 5.53. The summed E-state index contributed by atoms with van der Waals surface area (Å²) in [5, 5.41) is 8.86. The van der Waals surface area contributed by atoms with Crippen LogP contribution >= 0.6 is 0 Å². The molecule has 0 unspecified atom stereocenters. The van der Waals surface area contributed by atoms with Crippen molar-refractivity contribution in [2.24, 2.45) is 0 Å². The zero-order chi connectivity index (χ0) is 14.5. The number of aryl methyl sites for hydroxylation is 1. The Labute approximate surface area is 116 Å². The highest BCUT2D eigenvalue weighted by atomic mass is 16.5. The van der Waals surface area contributed by atoms with Crippen LogP contribution in [0.5, 0.6) is 17.4 Å². The lowest BCUT2D eigenvalue weighted by atomic mass is 10.1. The summed E-state index contributed by atoms with van der Waals surface area (Å²) in [6.45, 7) is 2.04. The highest BCUT2D eigenvalue weighted by Gasteiger charge is 2.10. The average molecular weight is 274 g/mol. The van der Waals surface area contributed by atoms with Crippen molar-refractivity contribution in [2.45, 2.75) is 13.3 Å². The first-order valence-electron chi connectivity index (χ1n) is 6.04. The van der Waals surface area contributed by atoms with Crippen LogP contribution in [0.25, 0.3) is 0 Å². The zero-order valence-electron chi connectivity index (χ0n) is 11.2. The van der Waals surface area contributed by atoms with Gasteiger partial charge in [0, 0.05) is 0 Å². The van der Waals surface area contributed by atoms with Crippen LogP contribution in [0.1, 0.15) is 23.0 Å². The van der Waals surface area contributed by atoms with E-state index in [1.54, 1.807) is 13.2 Å². The minimum absolute atomic E-state index is 0.104. The maximum absolute atomic E-state index is 10.8. The molecule has 6 nitrogen and oxygen atoms in total. The lowest BCUT2D eigenvalue weighted by Crippen LogP contribution is -2.02. The summed E-state index contributed by atoms with van der Waals surface area (Å²) in [5.41, 5.74) is 0.936. The molecule has 1 heterocycles. The van der Waals surface area contributed by atoms with Crippen molar-refractivity contribution in [3.05, 3.63) is 41.9 Å². The van der Waals surface area contributed by atoms with Crippen molar-refractivity contribution in [3.8, 4) is 17.4 Å². The summed E-state index contributed by atoms with van der Waals surface area (Å²) in [5.74, 6) is -0.0305. The molecule has 0 atom stereocenters. The number of hydrogen-bond acceptors (Lipinski definition) is 5. The Bertz CT molecular complexity index is 628. The second kappa shape index (κ2) is 6.01. The van der Waals surface area contributed by atoms with Gasteiger partial charge in [-0.15, -0.1) is 0 Å². The minimum Gasteiger partial charge on any atom is -0.493 e. The number of ether oxygens (including phenoxy) is 2. The van der Waals surface area contributed by atoms with E-state index in [0.29, 0.717) is 11.5 Å². The number of hydrogen-bond donors (Lipinski definition) is 1. The molecule has 0 spiro atoms. The summed E-state index contributed by atoms with van der Waals surface area (Å²) in [6.07, 6.45) is 3.39. The third-order valence-electron chi connectivity index (χ3n) is 2.68. The van der Waals surface area contributed by atoms with Crippen LogP contribution in [0, 0.1) is 0 Å². The van der Waals surface area contributed by atoms with E-state index in [9.17, 15) is 4.79 Å². The van der Waals surface area contributed by atoms with Crippen molar-refractivity contribution in [1.82, 2.24) is 9.97 Å². The van der Waals surface area contributed by atoms with E-state index in [-0.39, 0.29) is 11.6 Å². The van der Waals surface area contributed by atoms with Gasteiger partial charge >= 0.3 is 5.97 Å². The molecule has 0 aliphatic rings. The maximum Gasteiger partial charge on any atom is 0.356 e. The van der Waals surface area contributed by atoms with E-state index in [0.717, 1.165) is 18.2 Å². The van der Waals surface area contributed by atoms with Gasteiger partial charge in [0.2, 0.25) is 5.88 Å². The number of carbonyl (C=O) groups is 1. The zero-order valence-corrected chi connectivity index (χ0v) is 11.2. The van der Waals surface area contributed by atoms with Crippen molar-refractivity contribution in [1.29, 1.82) is 0 Å². The minimum atomic E-state index is -1.16. The number of aromatic carboxylic acids is 1. The molecule has 104 valence electrons. The largest absolute Gasteiger partial charge is 0.493 e. The average Bonchev–Trinajstić information content (AvgIpc) is 2.48. The van der Waals surface area contributed by atoms with Gasteiger partial charge in [0.25, 0.3) is 0 Å². The molecule has 20 heavy (non-hydrogen) atoms. The van der Waals surface area contributed by atoms with Gasteiger partial charge < -0.3 is 14.6 Å². The molecule has 0 amide bonds. The molecular weight excluding hydrogens is 260 g/mol. The number of aromatic nitrogens is 2. The number of rotatable bonds is 5. The lowest BCUT2D eigenvalue weighted by Gasteiger charge is -2.10. The van der Waals surface area contributed by atoms with Crippen LogP contribution in [0.15, 0.2) is 30.6 Å². The number of carboxylic acids is 1. The van der Waals surface area contributed by atoms with E-state index < -0.39 is 5.97 Å². The fourth-order valence-corrected chi connectivity index (χ4v) is 1.63. The molecule has 1 N–H and O–H groups in total. The van der Waals surface area contributed by atoms with Crippen LogP contribution in [-0.4, -0.2) is 28.2 Å². The fourth-order valence-electron chi connectivity index (χ4n) is 1.63. The molecule has 2 rings (SSSR count). The molecule has 0 saturated heterocycles. The van der Waals surface area contributed by atoms with Gasteiger partial charge in [-0.3, -0.25) is 4.98 Å². The predicted octanol–water partition coefficient (Wildman–Crippen LogP) is 2.54. The molecule has 0 bridgehead atoms. The van der Waals surface area contributed by atoms with Crippen molar-refractivity contribution >= 4 is 5.97 Å². The smallest absolute Gasteiger partial charge is 0.356 e. The SMILES string of the molecule is CCc1ccc(Oc2cncc(C(=O)O)n2)c(OC)c1. The molecule has 1 aromatic carbocycles. The fraction of sp³-hybridized carbons (Fsp3) is 0.214. The van der Waals surface area contributed by atoms with Gasteiger partial charge in [0.05, 0.1) is 19.5 Å². The van der Waals surface area contributed by atoms with Crippen LogP contribution in [0.4, 0.5) is 0 Å². The van der Waals surface area contributed by atoms with E-state index in [1.807, 2.05) is 19.1 Å². The quantitative estimate of drug-likeness (QED) is 0.902. The Kier molecular flexibility index (Phi) is 4.14. The monoisotopic (exact) mass is 274 g/mol. The first kappa shape index (κ1) is 13.8. The highest BCUT2D eigenvalue weighted by molar-refractivity contribution is 5.84. The first-order chi connectivity index (χ1) is 9.63. The van der Waals surface area contributed by atoms with E-state index in [2.05, 4.69) is 9.97 Å². The second-order valence-corrected chi connectivity index (χ2v) is 3.99. The Morgan fingerprint density at radius 3 is 2.75 bits per heavy atom. The van der Waals surface area contributed by atoms with Gasteiger partial charge in [-0.2, -0.15) is 0 Å². The highest BCUT2D eigenvalue weighted by Crippen LogP contribution is 2.31. The van der Waals surface area contributed by atoms with Gasteiger partial charge in [-0.05, 0) is 24.1 Å². The van der Waals surface area contributed by atoms with E-state index in [4.69, 9.17) is 14.6 Å². The third kappa shape index (κ3) is 3.03. The number of methoxy groups -OCH3 is 1. The molecule has 0 aliphatic carbocycles. The Morgan fingerprint density at radius 1 is 1.30 bits per heavy atom. The Balaban J connectivity index is 2.29. The van der Waals surface area contributed by atoms with Gasteiger partial charge in [-0.25, -0.2) is 9.78 Å². The van der Waals surface area contributed by atoms with Crippen molar-refractivity contribution < 1.29 is 19.4 Å². The summed E-state index contributed by atoms with van der Waals surface area (Å²) in [7, 11) is 1.54. The number of benzene rings is 1. The third-order valence-corrected chi connectivity index (χ3v) is 2.68. The normalized spacial score (nSPS) is 10.1. The maximum atomic E-state index is 10.8. The molecule has 6 heteroatoms. The lowest BCUT2D eigenvalue weighted by molar-refractivity contribution is 0.0689. The van der Waals surface area contributed by atoms with E-state index >= 15 is 0 Å². The Morgan fingerprint density at radius 2 is 2.10 bits per heavy atom. The van der Waals surface area contributed by atoms with E-state index in [1.165, 1.54) is 6.20 Å². The van der Waals surface area contributed by atoms with Crippen LogP contribution in [0.3, 0.4) is 0 Å². The van der Waals surface area contributed by atoms with Gasteiger partial charge in [-0.1, -0.05) is 13.0 Å². The topological polar surface area (TPSA) is 81.5 Å². The molecule has 0 radical (unpaired) electrons.